The van der Waals surface area contributed by atoms with Crippen LogP contribution in [-0.4, -0.2) is 5.91 Å². The predicted octanol–water partition coefficient (Wildman–Crippen LogP) is 7.28. The quantitative estimate of drug-likeness (QED) is 0.163. The van der Waals surface area contributed by atoms with Gasteiger partial charge in [-0.05, 0) is 121 Å². The van der Waals surface area contributed by atoms with Crippen LogP contribution in [0.15, 0.2) is 66.2 Å². The van der Waals surface area contributed by atoms with Crippen molar-refractivity contribution in [1.82, 2.24) is 0 Å². The number of hydrogen-bond donors (Lipinski definition) is 1. The van der Waals surface area contributed by atoms with E-state index in [1.165, 1.54) is 3.57 Å². The molecule has 0 bridgehead atoms. The fourth-order valence-corrected chi connectivity index (χ4v) is 5.27. The van der Waals surface area contributed by atoms with Crippen molar-refractivity contribution in [3.63, 3.8) is 0 Å². The predicted molar refractivity (Wildman–Crippen MR) is 149 cm³/mol. The average Bonchev–Trinajstić information content (AvgIpc) is 2.74. The fraction of sp³-hybridized carbons (Fsp3) is 0.0435. The molecular formula is C23H14ClI3N2O2. The molecule has 8 heteroatoms. The van der Waals surface area contributed by atoms with Gasteiger partial charge < -0.3 is 10.1 Å². The van der Waals surface area contributed by atoms with Crippen LogP contribution in [0.4, 0.5) is 5.69 Å². The molecule has 0 aromatic heterocycles. The Morgan fingerprint density at radius 1 is 1.06 bits per heavy atom. The molecule has 0 saturated carbocycles. The number of amides is 1. The molecule has 0 fully saturated rings. The summed E-state index contributed by atoms with van der Waals surface area (Å²) in [5.41, 5.74) is 2.26. The second-order valence-electron chi connectivity index (χ2n) is 6.33. The number of rotatable bonds is 6. The molecular weight excluding hydrogens is 752 g/mol. The smallest absolute Gasteiger partial charge is 0.266 e. The van der Waals surface area contributed by atoms with Crippen LogP contribution in [-0.2, 0) is 11.4 Å². The zero-order valence-corrected chi connectivity index (χ0v) is 23.1. The van der Waals surface area contributed by atoms with Crippen LogP contribution in [0.3, 0.4) is 0 Å². The molecule has 4 nitrogen and oxygen atoms in total. The molecule has 156 valence electrons. The van der Waals surface area contributed by atoms with E-state index < -0.39 is 5.91 Å². The van der Waals surface area contributed by atoms with Crippen LogP contribution in [0.5, 0.6) is 5.75 Å². The number of carbonyl (C=O) groups is 1. The molecule has 0 saturated heterocycles. The molecule has 0 unspecified atom stereocenters. The van der Waals surface area contributed by atoms with Crippen molar-refractivity contribution < 1.29 is 9.53 Å². The maximum atomic E-state index is 12.5. The van der Waals surface area contributed by atoms with Crippen LogP contribution < -0.4 is 10.1 Å². The van der Waals surface area contributed by atoms with Gasteiger partial charge in [-0.15, -0.1) is 0 Å². The summed E-state index contributed by atoms with van der Waals surface area (Å²) in [5, 5.41) is 12.6. The highest BCUT2D eigenvalue weighted by molar-refractivity contribution is 14.1. The Morgan fingerprint density at radius 3 is 2.32 bits per heavy atom. The highest BCUT2D eigenvalue weighted by atomic mass is 127. The number of benzene rings is 3. The summed E-state index contributed by atoms with van der Waals surface area (Å²) in [4.78, 5) is 12.5. The Balaban J connectivity index is 1.78. The number of para-hydroxylation sites is 1. The first kappa shape index (κ1) is 24.3. The molecule has 1 amide bonds. The van der Waals surface area contributed by atoms with Gasteiger partial charge in [-0.1, -0.05) is 35.9 Å². The summed E-state index contributed by atoms with van der Waals surface area (Å²) in [7, 11) is 0. The summed E-state index contributed by atoms with van der Waals surface area (Å²) in [5.74, 6) is 0.260. The first-order valence-corrected chi connectivity index (χ1v) is 12.5. The maximum Gasteiger partial charge on any atom is 0.266 e. The number of halogens is 4. The van der Waals surface area contributed by atoms with E-state index in [9.17, 15) is 10.1 Å². The van der Waals surface area contributed by atoms with E-state index in [-0.39, 0.29) is 5.57 Å². The summed E-state index contributed by atoms with van der Waals surface area (Å²) < 4.78 is 8.98. The van der Waals surface area contributed by atoms with Gasteiger partial charge in [-0.3, -0.25) is 4.79 Å². The zero-order chi connectivity index (χ0) is 22.4. The topological polar surface area (TPSA) is 62.1 Å². The van der Waals surface area contributed by atoms with Crippen LogP contribution in [0.25, 0.3) is 6.08 Å². The molecule has 0 spiro atoms. The van der Waals surface area contributed by atoms with Crippen LogP contribution in [0.1, 0.15) is 11.1 Å². The Labute approximate surface area is 226 Å². The third kappa shape index (κ3) is 6.81. The minimum Gasteiger partial charge on any atom is -0.487 e. The van der Waals surface area contributed by atoms with Crippen molar-refractivity contribution >= 4 is 97.0 Å². The highest BCUT2D eigenvalue weighted by Crippen LogP contribution is 2.31. The molecule has 0 radical (unpaired) electrons. The largest absolute Gasteiger partial charge is 0.487 e. The summed E-state index contributed by atoms with van der Waals surface area (Å²) in [6.07, 6.45) is 1.55. The van der Waals surface area contributed by atoms with Gasteiger partial charge in [-0.2, -0.15) is 5.26 Å². The third-order valence-corrected chi connectivity index (χ3v) is 6.77. The molecule has 0 atom stereocenters. The average molecular weight is 767 g/mol. The van der Waals surface area contributed by atoms with Gasteiger partial charge in [0.25, 0.3) is 5.91 Å². The van der Waals surface area contributed by atoms with E-state index in [2.05, 4.69) is 73.1 Å². The fourth-order valence-electron chi connectivity index (χ4n) is 2.60. The van der Waals surface area contributed by atoms with E-state index in [1.807, 2.05) is 42.5 Å². The molecule has 0 aliphatic carbocycles. The van der Waals surface area contributed by atoms with Gasteiger partial charge in [0.05, 0.1) is 17.9 Å². The normalized spacial score (nSPS) is 11.0. The van der Waals surface area contributed by atoms with Crippen molar-refractivity contribution in [3.8, 4) is 11.8 Å². The third-order valence-electron chi connectivity index (χ3n) is 4.12. The van der Waals surface area contributed by atoms with E-state index in [0.717, 1.165) is 24.0 Å². The van der Waals surface area contributed by atoms with Crippen molar-refractivity contribution in [1.29, 1.82) is 5.26 Å². The lowest BCUT2D eigenvalue weighted by atomic mass is 10.1. The number of hydrogen-bond acceptors (Lipinski definition) is 3. The van der Waals surface area contributed by atoms with Gasteiger partial charge in [-0.25, -0.2) is 0 Å². The van der Waals surface area contributed by atoms with E-state index in [4.69, 9.17) is 16.3 Å². The maximum absolute atomic E-state index is 12.5. The number of nitriles is 1. The van der Waals surface area contributed by atoms with E-state index in [0.29, 0.717) is 17.3 Å². The second-order valence-corrected chi connectivity index (χ2v) is 10.3. The van der Waals surface area contributed by atoms with Gasteiger partial charge in [0, 0.05) is 3.57 Å². The number of anilines is 1. The summed E-state index contributed by atoms with van der Waals surface area (Å²) in [6, 6.07) is 20.8. The number of nitrogens with one attached hydrogen (secondary N) is 1. The van der Waals surface area contributed by atoms with Gasteiger partial charge in [0.1, 0.15) is 24.0 Å². The van der Waals surface area contributed by atoms with Gasteiger partial charge in [0.2, 0.25) is 0 Å². The van der Waals surface area contributed by atoms with Crippen molar-refractivity contribution in [3.05, 3.63) is 93.1 Å². The lowest BCUT2D eigenvalue weighted by molar-refractivity contribution is -0.112. The molecule has 0 aliphatic rings. The number of nitrogens with zero attached hydrogens (tertiary/aromatic N) is 1. The summed E-state index contributed by atoms with van der Waals surface area (Å²) >= 11 is 12.7. The Hall–Kier alpha value is -1.36. The van der Waals surface area contributed by atoms with Gasteiger partial charge in [0.15, 0.2) is 0 Å². The standard InChI is InChI=1S/C23H14ClI3N2O2/c24-18-3-1-2-4-21(18)29-23(30)16(12-28)9-15-10-19(26)22(20(27)11-15)31-13-14-5-7-17(25)8-6-14/h1-11H,13H2,(H,29,30)/b16-9+. The molecule has 1 N–H and O–H groups in total. The van der Waals surface area contributed by atoms with Gasteiger partial charge >= 0.3 is 0 Å². The Morgan fingerprint density at radius 2 is 1.71 bits per heavy atom. The molecule has 3 aromatic rings. The minimum atomic E-state index is -0.514. The minimum absolute atomic E-state index is 0.0147. The second kappa shape index (κ2) is 11.5. The van der Waals surface area contributed by atoms with Crippen LogP contribution in [0.2, 0.25) is 5.02 Å². The monoisotopic (exact) mass is 766 g/mol. The molecule has 3 rings (SSSR count). The molecule has 31 heavy (non-hydrogen) atoms. The lowest BCUT2D eigenvalue weighted by Crippen LogP contribution is -2.13. The number of carbonyl (C=O) groups excluding carboxylic acids is 1. The van der Waals surface area contributed by atoms with Crippen molar-refractivity contribution in [2.24, 2.45) is 0 Å². The Bertz CT molecular complexity index is 1170. The first-order chi connectivity index (χ1) is 14.9. The van der Waals surface area contributed by atoms with E-state index in [1.54, 1.807) is 30.3 Å². The van der Waals surface area contributed by atoms with Crippen LogP contribution in [0, 0.1) is 22.0 Å². The first-order valence-electron chi connectivity index (χ1n) is 8.91. The van der Waals surface area contributed by atoms with Crippen LogP contribution >= 0.6 is 79.4 Å². The highest BCUT2D eigenvalue weighted by Gasteiger charge is 2.13. The molecule has 0 aliphatic heterocycles. The zero-order valence-electron chi connectivity index (χ0n) is 15.8. The van der Waals surface area contributed by atoms with Crippen molar-refractivity contribution in [2.45, 2.75) is 6.61 Å². The summed E-state index contributed by atoms with van der Waals surface area (Å²) in [6.45, 7) is 0.460. The van der Waals surface area contributed by atoms with E-state index >= 15 is 0 Å². The Kier molecular flexibility index (Phi) is 9.00. The molecule has 0 heterocycles. The number of ether oxygens (including phenoxy) is 1. The van der Waals surface area contributed by atoms with Crippen molar-refractivity contribution in [2.75, 3.05) is 5.32 Å². The molecule has 3 aromatic carbocycles. The lowest BCUT2D eigenvalue weighted by Gasteiger charge is -2.12. The SMILES string of the molecule is N#C/C(=C\c1cc(I)c(OCc2ccc(I)cc2)c(I)c1)C(=O)Nc1ccccc1Cl.